The van der Waals surface area contributed by atoms with Gasteiger partial charge in [0, 0.05) is 16.8 Å². The van der Waals surface area contributed by atoms with E-state index in [1.807, 2.05) is 0 Å². The van der Waals surface area contributed by atoms with Crippen LogP contribution in [0.15, 0.2) is 125 Å². The Hall–Kier alpha value is -7.37. The zero-order valence-electron chi connectivity index (χ0n) is 30.9. The molecule has 2 aliphatic rings. The summed E-state index contributed by atoms with van der Waals surface area (Å²) in [5.41, 5.74) is 1.92. The van der Waals surface area contributed by atoms with Crippen LogP contribution < -0.4 is 24.3 Å². The molecule has 1 amide bonds. The highest BCUT2D eigenvalue weighted by atomic mass is 19.4. The SMILES string of the molecule is COc1ccc(Oc2ccc(NC(=O)c3cc(COc4ccc(C5N=C(C(F)(F)F)OC5=O)cc4)ccc3COc3ccc(C4N=C(C(F)(F)F)OC4=O)cc3)cc2)cc1. The van der Waals surface area contributed by atoms with Crippen molar-refractivity contribution in [2.75, 3.05) is 12.4 Å². The predicted octanol–water partition coefficient (Wildman–Crippen LogP) is 9.02. The molecule has 5 aromatic carbocycles. The van der Waals surface area contributed by atoms with Crippen molar-refractivity contribution < 1.29 is 69.1 Å². The number of hydrogen-bond donors (Lipinski definition) is 1. The van der Waals surface area contributed by atoms with Crippen LogP contribution in [0.5, 0.6) is 28.7 Å². The molecule has 0 bridgehead atoms. The summed E-state index contributed by atoms with van der Waals surface area (Å²) in [7, 11) is 1.55. The van der Waals surface area contributed by atoms with Gasteiger partial charge in [-0.1, -0.05) is 36.4 Å². The molecule has 5 aromatic rings. The number of rotatable bonds is 13. The summed E-state index contributed by atoms with van der Waals surface area (Å²) in [5, 5.41) is 2.85. The van der Waals surface area contributed by atoms with Gasteiger partial charge in [0.05, 0.1) is 7.11 Å². The van der Waals surface area contributed by atoms with Crippen molar-refractivity contribution >= 4 is 35.3 Å². The Morgan fingerprint density at radius 2 is 1.07 bits per heavy atom. The van der Waals surface area contributed by atoms with Gasteiger partial charge >= 0.3 is 36.1 Å². The molecule has 0 saturated heterocycles. The lowest BCUT2D eigenvalue weighted by atomic mass is 10.0. The fraction of sp³-hybridized carbons (Fsp3) is 0.167. The van der Waals surface area contributed by atoms with Crippen LogP contribution in [0.3, 0.4) is 0 Å². The Labute approximate surface area is 336 Å². The number of benzene rings is 5. The third-order valence-electron chi connectivity index (χ3n) is 8.84. The van der Waals surface area contributed by atoms with Crippen LogP contribution in [-0.2, 0) is 32.3 Å². The molecule has 2 unspecified atom stereocenters. The Kier molecular flexibility index (Phi) is 11.5. The number of nitrogens with one attached hydrogen (secondary N) is 1. The van der Waals surface area contributed by atoms with Crippen LogP contribution >= 0.6 is 0 Å². The number of aliphatic imine (C=N–C) groups is 2. The first kappa shape index (κ1) is 40.8. The third kappa shape index (κ3) is 9.66. The molecule has 1 N–H and O–H groups in total. The summed E-state index contributed by atoms with van der Waals surface area (Å²) >= 11 is 0. The normalized spacial score (nSPS) is 16.3. The number of ether oxygens (including phenoxy) is 6. The maximum atomic E-state index is 13.8. The molecule has 0 saturated carbocycles. The van der Waals surface area contributed by atoms with Crippen LogP contribution in [0.1, 0.15) is 44.7 Å². The molecule has 0 spiro atoms. The van der Waals surface area contributed by atoms with Gasteiger partial charge < -0.3 is 33.7 Å². The predicted molar refractivity (Wildman–Crippen MR) is 200 cm³/mol. The maximum Gasteiger partial charge on any atom is 0.468 e. The van der Waals surface area contributed by atoms with Crippen molar-refractivity contribution in [3.05, 3.63) is 143 Å². The Morgan fingerprint density at radius 1 is 0.617 bits per heavy atom. The molecule has 0 aromatic heterocycles. The number of esters is 2. The van der Waals surface area contributed by atoms with Crippen LogP contribution in [0, 0.1) is 0 Å². The fourth-order valence-corrected chi connectivity index (χ4v) is 5.83. The monoisotopic (exact) mass is 833 g/mol. The summed E-state index contributed by atoms with van der Waals surface area (Å²) < 4.78 is 109. The zero-order chi connectivity index (χ0) is 42.6. The van der Waals surface area contributed by atoms with E-state index in [9.17, 15) is 40.7 Å². The molecule has 0 fully saturated rings. The highest BCUT2D eigenvalue weighted by Crippen LogP contribution is 2.34. The van der Waals surface area contributed by atoms with Gasteiger partial charge in [0.25, 0.3) is 5.91 Å². The first-order chi connectivity index (χ1) is 28.6. The van der Waals surface area contributed by atoms with Gasteiger partial charge in [-0.25, -0.2) is 19.6 Å². The number of halogens is 6. The number of anilines is 1. The number of hydrogen-bond acceptors (Lipinski definition) is 11. The molecule has 0 radical (unpaired) electrons. The topological polar surface area (TPSA) is 143 Å². The second kappa shape index (κ2) is 16.8. The smallest absolute Gasteiger partial charge is 0.468 e. The fourth-order valence-electron chi connectivity index (χ4n) is 5.83. The average Bonchev–Trinajstić information content (AvgIpc) is 3.84. The lowest BCUT2D eigenvalue weighted by molar-refractivity contribution is -0.139. The first-order valence-electron chi connectivity index (χ1n) is 17.7. The van der Waals surface area contributed by atoms with Gasteiger partial charge in [0.15, 0.2) is 12.1 Å². The van der Waals surface area contributed by atoms with Gasteiger partial charge in [0.2, 0.25) is 0 Å². The van der Waals surface area contributed by atoms with E-state index in [4.69, 9.17) is 18.9 Å². The number of cyclic esters (lactones) is 2. The lowest BCUT2D eigenvalue weighted by Gasteiger charge is -2.15. The molecular formula is C42H29F6N3O9. The van der Waals surface area contributed by atoms with Gasteiger partial charge in [0.1, 0.15) is 42.0 Å². The second-order valence-corrected chi connectivity index (χ2v) is 13.0. The van der Waals surface area contributed by atoms with Crippen LogP contribution in [0.25, 0.3) is 0 Å². The number of carbonyl (C=O) groups is 3. The van der Waals surface area contributed by atoms with E-state index in [1.165, 1.54) is 48.5 Å². The van der Waals surface area contributed by atoms with E-state index < -0.39 is 54.1 Å². The zero-order valence-corrected chi connectivity index (χ0v) is 30.9. The van der Waals surface area contributed by atoms with E-state index in [1.54, 1.807) is 73.8 Å². The van der Waals surface area contributed by atoms with Crippen molar-refractivity contribution in [3.63, 3.8) is 0 Å². The number of alkyl halides is 6. The van der Waals surface area contributed by atoms with E-state index >= 15 is 0 Å². The third-order valence-corrected chi connectivity index (χ3v) is 8.84. The molecule has 2 heterocycles. The largest absolute Gasteiger partial charge is 0.497 e. The minimum absolute atomic E-state index is 0.0520. The molecule has 2 atom stereocenters. The van der Waals surface area contributed by atoms with Crippen LogP contribution in [0.2, 0.25) is 0 Å². The van der Waals surface area contributed by atoms with E-state index in [0.717, 1.165) is 0 Å². The molecule has 18 heteroatoms. The summed E-state index contributed by atoms with van der Waals surface area (Å²) in [6.07, 6.45) is -9.83. The van der Waals surface area contributed by atoms with Crippen molar-refractivity contribution in [3.8, 4) is 28.7 Å². The number of nitrogens with zero attached hydrogens (tertiary/aromatic N) is 2. The van der Waals surface area contributed by atoms with E-state index in [2.05, 4.69) is 24.8 Å². The van der Waals surface area contributed by atoms with Crippen molar-refractivity contribution in [1.82, 2.24) is 0 Å². The Morgan fingerprint density at radius 3 is 1.53 bits per heavy atom. The molecule has 2 aliphatic heterocycles. The Balaban J connectivity index is 1.05. The summed E-state index contributed by atoms with van der Waals surface area (Å²) in [6, 6.07) is 26.8. The molecule has 60 heavy (non-hydrogen) atoms. The number of carbonyl (C=O) groups excluding carboxylic acids is 3. The minimum atomic E-state index is -4.92. The van der Waals surface area contributed by atoms with Gasteiger partial charge in [-0.05, 0) is 95.6 Å². The Bertz CT molecular complexity index is 2450. The van der Waals surface area contributed by atoms with Crippen LogP contribution in [-0.4, -0.2) is 49.1 Å². The molecule has 308 valence electrons. The van der Waals surface area contributed by atoms with Gasteiger partial charge in [-0.15, -0.1) is 0 Å². The van der Waals surface area contributed by atoms with Gasteiger partial charge in [-0.2, -0.15) is 26.3 Å². The standard InChI is InChI=1S/C42H29F6N3O9/c1-55-28-16-18-32(19-17-28)58-31-14-8-27(9-15-31)49-36(52)33-20-23(21-56-29-10-4-24(5-11-29)34-37(53)59-39(50-34)41(43,44)45)2-3-26(33)22-57-30-12-6-25(7-13-30)35-38(54)60-40(51-35)42(46,47)48/h2-20,34-35H,21-22H2,1H3,(H,49,52). The second-order valence-electron chi connectivity index (χ2n) is 13.0. The summed E-state index contributed by atoms with van der Waals surface area (Å²) in [5.74, 6) is -3.77. The highest BCUT2D eigenvalue weighted by molar-refractivity contribution is 6.05. The molecular weight excluding hydrogens is 804 g/mol. The van der Waals surface area contributed by atoms with Crippen LogP contribution in [0.4, 0.5) is 32.0 Å². The van der Waals surface area contributed by atoms with Crippen molar-refractivity contribution in [2.24, 2.45) is 9.98 Å². The first-order valence-corrected chi connectivity index (χ1v) is 17.7. The van der Waals surface area contributed by atoms with Crippen molar-refractivity contribution in [2.45, 2.75) is 37.7 Å². The molecule has 12 nitrogen and oxygen atoms in total. The maximum absolute atomic E-state index is 13.8. The van der Waals surface area contributed by atoms with Gasteiger partial charge in [-0.3, -0.25) is 4.79 Å². The molecule has 0 aliphatic carbocycles. The lowest BCUT2D eigenvalue weighted by Crippen LogP contribution is -2.23. The summed E-state index contributed by atoms with van der Waals surface area (Å²) in [6.45, 7) is -0.188. The van der Waals surface area contributed by atoms with E-state index in [0.29, 0.717) is 39.8 Å². The summed E-state index contributed by atoms with van der Waals surface area (Å²) in [4.78, 5) is 44.6. The number of amides is 1. The van der Waals surface area contributed by atoms with Crippen molar-refractivity contribution in [1.29, 1.82) is 0 Å². The number of methoxy groups -OCH3 is 1. The average molecular weight is 834 g/mol. The van der Waals surface area contributed by atoms with E-state index in [-0.39, 0.29) is 35.7 Å². The quantitative estimate of drug-likeness (QED) is 0.0908. The minimum Gasteiger partial charge on any atom is -0.497 e. The highest BCUT2D eigenvalue weighted by Gasteiger charge is 2.47. The molecule has 7 rings (SSSR count).